The number of benzene rings is 1. The minimum Gasteiger partial charge on any atom is -0.382 e. The fourth-order valence-corrected chi connectivity index (χ4v) is 1.77. The Morgan fingerprint density at radius 2 is 1.94 bits per heavy atom. The van der Waals surface area contributed by atoms with Crippen LogP contribution in [0, 0.1) is 0 Å². The van der Waals surface area contributed by atoms with Gasteiger partial charge in [0.05, 0.1) is 6.04 Å². The van der Waals surface area contributed by atoms with E-state index in [2.05, 4.69) is 4.98 Å². The maximum atomic E-state index is 12.4. The van der Waals surface area contributed by atoms with Crippen LogP contribution in [-0.4, -0.2) is 22.4 Å². The molecule has 0 amide bonds. The Hall–Kier alpha value is -1.53. The summed E-state index contributed by atoms with van der Waals surface area (Å²) in [7, 11) is 0. The van der Waals surface area contributed by atoms with E-state index < -0.39 is 18.3 Å². The highest BCUT2D eigenvalue weighted by Gasteiger charge is 2.43. The van der Waals surface area contributed by atoms with Gasteiger partial charge in [0, 0.05) is 17.1 Å². The van der Waals surface area contributed by atoms with Crippen LogP contribution >= 0.6 is 0 Å². The summed E-state index contributed by atoms with van der Waals surface area (Å²) in [6.45, 7) is 0. The average Bonchev–Trinajstić information content (AvgIpc) is 2.73. The van der Waals surface area contributed by atoms with E-state index in [1.165, 1.54) is 6.07 Å². The van der Waals surface area contributed by atoms with Crippen molar-refractivity contribution in [1.29, 1.82) is 0 Å². The summed E-state index contributed by atoms with van der Waals surface area (Å²) in [5.74, 6) is 0. The third kappa shape index (κ3) is 2.13. The molecular formula is C11H11F3N2O. The molecule has 0 saturated carbocycles. The molecule has 17 heavy (non-hydrogen) atoms. The fraction of sp³-hybridized carbons (Fsp3) is 0.273. The first-order valence-corrected chi connectivity index (χ1v) is 4.97. The number of hydrogen-bond donors (Lipinski definition) is 3. The Balaban J connectivity index is 2.43. The van der Waals surface area contributed by atoms with Crippen molar-refractivity contribution in [3.8, 4) is 0 Å². The van der Waals surface area contributed by atoms with Crippen LogP contribution in [0.5, 0.6) is 0 Å². The van der Waals surface area contributed by atoms with Crippen molar-refractivity contribution in [3.05, 3.63) is 36.0 Å². The lowest BCUT2D eigenvalue weighted by atomic mass is 9.98. The molecule has 0 aliphatic heterocycles. The van der Waals surface area contributed by atoms with Crippen LogP contribution in [0.15, 0.2) is 30.5 Å². The van der Waals surface area contributed by atoms with Crippen molar-refractivity contribution in [2.75, 3.05) is 0 Å². The third-order valence-electron chi connectivity index (χ3n) is 2.66. The quantitative estimate of drug-likeness (QED) is 0.757. The number of fused-ring (bicyclic) bond motifs is 1. The van der Waals surface area contributed by atoms with E-state index in [1.54, 1.807) is 24.4 Å². The predicted octanol–water partition coefficient (Wildman–Crippen LogP) is 2.09. The molecule has 0 aliphatic rings. The first-order valence-electron chi connectivity index (χ1n) is 4.97. The molecule has 0 bridgehead atoms. The van der Waals surface area contributed by atoms with Crippen LogP contribution in [0.4, 0.5) is 13.2 Å². The summed E-state index contributed by atoms with van der Waals surface area (Å²) in [4.78, 5) is 2.87. The first kappa shape index (κ1) is 11.9. The van der Waals surface area contributed by atoms with Crippen LogP contribution in [0.3, 0.4) is 0 Å². The normalized spacial score (nSPS) is 16.1. The molecule has 4 N–H and O–H groups in total. The molecule has 0 fully saturated rings. The van der Waals surface area contributed by atoms with Crippen LogP contribution in [0.25, 0.3) is 10.9 Å². The maximum Gasteiger partial charge on any atom is 0.416 e. The minimum absolute atomic E-state index is 0.272. The van der Waals surface area contributed by atoms with Crippen molar-refractivity contribution in [2.45, 2.75) is 18.3 Å². The second-order valence-electron chi connectivity index (χ2n) is 3.80. The van der Waals surface area contributed by atoms with E-state index in [1.807, 2.05) is 0 Å². The van der Waals surface area contributed by atoms with Crippen molar-refractivity contribution in [1.82, 2.24) is 4.98 Å². The summed E-state index contributed by atoms with van der Waals surface area (Å²) >= 11 is 0. The summed E-state index contributed by atoms with van der Waals surface area (Å²) < 4.78 is 37.1. The maximum absolute atomic E-state index is 12.4. The zero-order valence-electron chi connectivity index (χ0n) is 8.70. The molecule has 92 valence electrons. The van der Waals surface area contributed by atoms with Gasteiger partial charge in [0.25, 0.3) is 0 Å². The van der Waals surface area contributed by atoms with Gasteiger partial charge in [-0.3, -0.25) is 0 Å². The number of nitrogens with one attached hydrogen (secondary N) is 1. The topological polar surface area (TPSA) is 62.0 Å². The molecular weight excluding hydrogens is 233 g/mol. The van der Waals surface area contributed by atoms with Gasteiger partial charge in [0.2, 0.25) is 0 Å². The molecule has 2 rings (SSSR count). The number of H-pyrrole nitrogens is 1. The van der Waals surface area contributed by atoms with Gasteiger partial charge in [-0.05, 0) is 17.7 Å². The number of halogens is 3. The molecule has 1 aromatic heterocycles. The lowest BCUT2D eigenvalue weighted by Gasteiger charge is -2.22. The molecule has 3 nitrogen and oxygen atoms in total. The average molecular weight is 244 g/mol. The van der Waals surface area contributed by atoms with Crippen molar-refractivity contribution in [3.63, 3.8) is 0 Å². The van der Waals surface area contributed by atoms with Gasteiger partial charge < -0.3 is 15.8 Å². The van der Waals surface area contributed by atoms with Gasteiger partial charge in [-0.1, -0.05) is 12.1 Å². The number of aromatic amines is 1. The van der Waals surface area contributed by atoms with E-state index >= 15 is 0 Å². The number of hydrogen-bond acceptors (Lipinski definition) is 2. The minimum atomic E-state index is -4.72. The fourth-order valence-electron chi connectivity index (χ4n) is 1.77. The molecule has 2 aromatic rings. The van der Waals surface area contributed by atoms with Gasteiger partial charge in [0.15, 0.2) is 6.10 Å². The molecule has 0 saturated heterocycles. The lowest BCUT2D eigenvalue weighted by Crippen LogP contribution is -2.38. The number of aliphatic hydroxyl groups excluding tert-OH is 1. The summed E-state index contributed by atoms with van der Waals surface area (Å²) in [5.41, 5.74) is 6.43. The highest BCUT2D eigenvalue weighted by atomic mass is 19.4. The Morgan fingerprint density at radius 1 is 1.24 bits per heavy atom. The van der Waals surface area contributed by atoms with Gasteiger partial charge in [0.1, 0.15) is 0 Å². The molecule has 0 spiro atoms. The van der Waals surface area contributed by atoms with Crippen LogP contribution in [0.1, 0.15) is 11.6 Å². The van der Waals surface area contributed by atoms with Crippen LogP contribution < -0.4 is 5.73 Å². The Labute approximate surface area is 95.0 Å². The van der Waals surface area contributed by atoms with Gasteiger partial charge in [-0.25, -0.2) is 0 Å². The van der Waals surface area contributed by atoms with E-state index in [0.29, 0.717) is 10.9 Å². The molecule has 6 heteroatoms. The smallest absolute Gasteiger partial charge is 0.382 e. The van der Waals surface area contributed by atoms with Gasteiger partial charge in [-0.15, -0.1) is 0 Å². The Kier molecular flexibility index (Phi) is 2.84. The summed E-state index contributed by atoms with van der Waals surface area (Å²) in [6, 6.07) is 4.95. The first-order chi connectivity index (χ1) is 7.91. The molecule has 1 heterocycles. The number of nitrogens with two attached hydrogens (primary N) is 1. The highest BCUT2D eigenvalue weighted by Crippen LogP contribution is 2.31. The summed E-state index contributed by atoms with van der Waals surface area (Å²) in [5, 5.41) is 9.73. The number of aromatic nitrogens is 1. The zero-order chi connectivity index (χ0) is 12.6. The van der Waals surface area contributed by atoms with Crippen LogP contribution in [0.2, 0.25) is 0 Å². The van der Waals surface area contributed by atoms with Gasteiger partial charge in [-0.2, -0.15) is 13.2 Å². The molecule has 2 atom stereocenters. The van der Waals surface area contributed by atoms with E-state index in [-0.39, 0.29) is 5.56 Å². The second-order valence-corrected chi connectivity index (χ2v) is 3.80. The Morgan fingerprint density at radius 3 is 2.59 bits per heavy atom. The number of aliphatic hydroxyl groups is 1. The monoisotopic (exact) mass is 244 g/mol. The van der Waals surface area contributed by atoms with Crippen molar-refractivity contribution in [2.24, 2.45) is 5.73 Å². The van der Waals surface area contributed by atoms with Gasteiger partial charge >= 0.3 is 6.18 Å². The second kappa shape index (κ2) is 4.05. The highest BCUT2D eigenvalue weighted by molar-refractivity contribution is 5.83. The Bertz CT molecular complexity index is 521. The third-order valence-corrected chi connectivity index (χ3v) is 2.66. The van der Waals surface area contributed by atoms with Crippen LogP contribution in [-0.2, 0) is 0 Å². The van der Waals surface area contributed by atoms with E-state index in [0.717, 1.165) is 0 Å². The van der Waals surface area contributed by atoms with Crippen molar-refractivity contribution >= 4 is 10.9 Å². The lowest BCUT2D eigenvalue weighted by molar-refractivity contribution is -0.210. The predicted molar refractivity (Wildman–Crippen MR) is 57.3 cm³/mol. The number of alkyl halides is 3. The summed E-state index contributed by atoms with van der Waals surface area (Å²) in [6.07, 6.45) is -5.68. The largest absolute Gasteiger partial charge is 0.416 e. The SMILES string of the molecule is N[C@@H](c1cccc2[nH]ccc12)[C@H](O)C(F)(F)F. The van der Waals surface area contributed by atoms with E-state index in [4.69, 9.17) is 10.8 Å². The molecule has 0 aliphatic carbocycles. The molecule has 1 aromatic carbocycles. The molecule has 0 unspecified atom stereocenters. The standard InChI is InChI=1S/C11H11F3N2O/c12-11(13,14)10(17)9(15)7-2-1-3-8-6(7)4-5-16-8/h1-5,9-10,16-17H,15H2/t9-,10-/m0/s1. The van der Waals surface area contributed by atoms with Crippen molar-refractivity contribution < 1.29 is 18.3 Å². The van der Waals surface area contributed by atoms with E-state index in [9.17, 15) is 13.2 Å². The zero-order valence-corrected chi connectivity index (χ0v) is 8.70. The number of rotatable bonds is 2. The molecule has 0 radical (unpaired) electrons.